The van der Waals surface area contributed by atoms with Gasteiger partial charge in [0.15, 0.2) is 0 Å². The van der Waals surface area contributed by atoms with Crippen LogP contribution in [0.2, 0.25) is 5.02 Å². The lowest BCUT2D eigenvalue weighted by molar-refractivity contribution is -0.121. The summed E-state index contributed by atoms with van der Waals surface area (Å²) in [5, 5.41) is 13.6. The van der Waals surface area contributed by atoms with Gasteiger partial charge in [0.05, 0.1) is 5.92 Å². The number of nitrogens with one attached hydrogen (secondary N) is 2. The highest BCUT2D eigenvalue weighted by Crippen LogP contribution is 2.23. The van der Waals surface area contributed by atoms with E-state index in [1.807, 2.05) is 0 Å². The van der Waals surface area contributed by atoms with E-state index in [0.29, 0.717) is 35.8 Å². The number of rotatable bonds is 5. The number of halogens is 2. The molecule has 0 aliphatic carbocycles. The van der Waals surface area contributed by atoms with Crippen LogP contribution in [0.15, 0.2) is 48.5 Å². The maximum atomic E-state index is 13.4. The summed E-state index contributed by atoms with van der Waals surface area (Å²) in [6.07, 6.45) is 1.24. The van der Waals surface area contributed by atoms with Crippen LogP contribution in [0.4, 0.5) is 15.8 Å². The van der Waals surface area contributed by atoms with Gasteiger partial charge in [-0.05, 0) is 49.2 Å². The molecule has 1 aliphatic heterocycles. The molecular weight excluding hydrogens is 469 g/mol. The van der Waals surface area contributed by atoms with Gasteiger partial charge in [-0.15, -0.1) is 10.2 Å². The van der Waals surface area contributed by atoms with Crippen molar-refractivity contribution in [1.82, 2.24) is 15.1 Å². The molecule has 0 spiro atoms. The van der Waals surface area contributed by atoms with Crippen LogP contribution in [0.5, 0.6) is 0 Å². The van der Waals surface area contributed by atoms with Gasteiger partial charge in [-0.2, -0.15) is 0 Å². The van der Waals surface area contributed by atoms with Crippen molar-refractivity contribution in [2.45, 2.75) is 12.8 Å². The van der Waals surface area contributed by atoms with Crippen LogP contribution in [0.1, 0.15) is 32.4 Å². The van der Waals surface area contributed by atoms with Crippen LogP contribution in [-0.2, 0) is 4.79 Å². The minimum atomic E-state index is -0.500. The quantitative estimate of drug-likeness (QED) is 0.564. The lowest BCUT2D eigenvalue weighted by Gasteiger charge is -2.31. The molecule has 11 heteroatoms. The predicted octanol–water partition coefficient (Wildman–Crippen LogP) is 4.07. The molecule has 1 aliphatic rings. The number of piperidine rings is 1. The predicted molar refractivity (Wildman–Crippen MR) is 123 cm³/mol. The molecule has 0 bridgehead atoms. The van der Waals surface area contributed by atoms with E-state index in [1.165, 1.54) is 23.1 Å². The zero-order valence-corrected chi connectivity index (χ0v) is 18.8. The molecule has 170 valence electrons. The average molecular weight is 488 g/mol. The van der Waals surface area contributed by atoms with Gasteiger partial charge in [-0.1, -0.05) is 35.1 Å². The monoisotopic (exact) mass is 487 g/mol. The Bertz CT molecular complexity index is 1200. The summed E-state index contributed by atoms with van der Waals surface area (Å²) in [5.41, 5.74) is 0.863. The zero-order chi connectivity index (χ0) is 23.4. The van der Waals surface area contributed by atoms with Gasteiger partial charge in [0, 0.05) is 29.5 Å². The van der Waals surface area contributed by atoms with Gasteiger partial charge in [0.1, 0.15) is 5.82 Å². The molecule has 3 amide bonds. The fourth-order valence-corrected chi connectivity index (χ4v) is 4.37. The van der Waals surface area contributed by atoms with E-state index in [1.54, 1.807) is 30.3 Å². The lowest BCUT2D eigenvalue weighted by Crippen LogP contribution is -2.43. The van der Waals surface area contributed by atoms with Gasteiger partial charge >= 0.3 is 0 Å². The molecule has 2 aromatic carbocycles. The smallest absolute Gasteiger partial charge is 0.286 e. The van der Waals surface area contributed by atoms with Crippen molar-refractivity contribution in [3.63, 3.8) is 0 Å². The van der Waals surface area contributed by atoms with E-state index in [4.69, 9.17) is 11.6 Å². The van der Waals surface area contributed by atoms with E-state index in [2.05, 4.69) is 20.8 Å². The van der Waals surface area contributed by atoms with Gasteiger partial charge in [-0.3, -0.25) is 14.4 Å². The Morgan fingerprint density at radius 1 is 1.03 bits per heavy atom. The molecule has 33 heavy (non-hydrogen) atoms. The molecule has 1 saturated heterocycles. The fourth-order valence-electron chi connectivity index (χ4n) is 3.47. The van der Waals surface area contributed by atoms with Gasteiger partial charge in [0.25, 0.3) is 11.8 Å². The molecule has 1 fully saturated rings. The van der Waals surface area contributed by atoms with Gasteiger partial charge < -0.3 is 15.5 Å². The van der Waals surface area contributed by atoms with Crippen molar-refractivity contribution in [3.05, 3.63) is 69.4 Å². The van der Waals surface area contributed by atoms with E-state index >= 15 is 0 Å². The van der Waals surface area contributed by atoms with Crippen molar-refractivity contribution in [2.24, 2.45) is 5.92 Å². The average Bonchev–Trinajstić information content (AvgIpc) is 3.29. The SMILES string of the molecule is O=C(Nc1cccc(Cl)c1)c1nnc(C(=O)N2CCCC(C(=O)Nc3cccc(F)c3)C2)s1. The normalized spacial score (nSPS) is 15.7. The van der Waals surface area contributed by atoms with E-state index in [9.17, 15) is 18.8 Å². The standard InChI is InChI=1S/C22H19ClFN5O3S/c23-14-5-1-7-16(10-14)26-19(31)20-27-28-21(33-20)22(32)29-9-3-4-13(12-29)18(30)25-17-8-2-6-15(24)11-17/h1-2,5-8,10-11,13H,3-4,9,12H2,(H,25,30)(H,26,31). The van der Waals surface area contributed by atoms with Crippen LogP contribution in [0, 0.1) is 11.7 Å². The highest BCUT2D eigenvalue weighted by Gasteiger charge is 2.31. The van der Waals surface area contributed by atoms with E-state index < -0.39 is 23.5 Å². The minimum Gasteiger partial charge on any atom is -0.336 e. The summed E-state index contributed by atoms with van der Waals surface area (Å²) in [6, 6.07) is 12.3. The lowest BCUT2D eigenvalue weighted by atomic mass is 9.97. The number of anilines is 2. The Hall–Kier alpha value is -3.37. The fraction of sp³-hybridized carbons (Fsp3) is 0.227. The maximum absolute atomic E-state index is 13.4. The first kappa shape index (κ1) is 22.8. The third-order valence-electron chi connectivity index (χ3n) is 5.06. The molecule has 8 nitrogen and oxygen atoms in total. The number of benzene rings is 2. The Balaban J connectivity index is 1.38. The number of aromatic nitrogens is 2. The van der Waals surface area contributed by atoms with Crippen LogP contribution in [-0.4, -0.2) is 45.9 Å². The largest absolute Gasteiger partial charge is 0.336 e. The number of likely N-dealkylation sites (tertiary alicyclic amines) is 1. The first-order chi connectivity index (χ1) is 15.9. The second-order valence-electron chi connectivity index (χ2n) is 7.47. The number of amides is 3. The number of carbonyl (C=O) groups is 3. The molecule has 3 aromatic rings. The molecular formula is C22H19ClFN5O3S. The van der Waals surface area contributed by atoms with E-state index in [-0.39, 0.29) is 22.5 Å². The number of hydrogen-bond donors (Lipinski definition) is 2. The minimum absolute atomic E-state index is 0.0377. The van der Waals surface area contributed by atoms with Crippen LogP contribution >= 0.6 is 22.9 Å². The summed E-state index contributed by atoms with van der Waals surface area (Å²) in [4.78, 5) is 39.5. The van der Waals surface area contributed by atoms with Crippen molar-refractivity contribution in [1.29, 1.82) is 0 Å². The van der Waals surface area contributed by atoms with Crippen molar-refractivity contribution in [2.75, 3.05) is 23.7 Å². The van der Waals surface area contributed by atoms with Gasteiger partial charge in [-0.25, -0.2) is 4.39 Å². The first-order valence-electron chi connectivity index (χ1n) is 10.1. The summed E-state index contributed by atoms with van der Waals surface area (Å²) in [7, 11) is 0. The number of nitrogens with zero attached hydrogens (tertiary/aromatic N) is 3. The molecule has 2 N–H and O–H groups in total. The highest BCUT2D eigenvalue weighted by molar-refractivity contribution is 7.15. The molecule has 1 unspecified atom stereocenters. The highest BCUT2D eigenvalue weighted by atomic mass is 35.5. The summed E-state index contributed by atoms with van der Waals surface area (Å²) < 4.78 is 13.4. The first-order valence-corrected chi connectivity index (χ1v) is 11.3. The van der Waals surface area contributed by atoms with Crippen LogP contribution in [0.3, 0.4) is 0 Å². The van der Waals surface area contributed by atoms with E-state index in [0.717, 1.165) is 11.3 Å². The van der Waals surface area contributed by atoms with Crippen molar-refractivity contribution in [3.8, 4) is 0 Å². The maximum Gasteiger partial charge on any atom is 0.286 e. The summed E-state index contributed by atoms with van der Waals surface area (Å²) >= 11 is 6.80. The Kier molecular flexibility index (Phi) is 6.95. The van der Waals surface area contributed by atoms with Crippen molar-refractivity contribution >= 4 is 52.0 Å². The molecule has 1 aromatic heterocycles. The van der Waals surface area contributed by atoms with Gasteiger partial charge in [0.2, 0.25) is 15.9 Å². The van der Waals surface area contributed by atoms with Crippen LogP contribution < -0.4 is 10.6 Å². The topological polar surface area (TPSA) is 104 Å². The second kappa shape index (κ2) is 10.1. The number of carbonyl (C=O) groups excluding carboxylic acids is 3. The molecule has 1 atom stereocenters. The Labute approximate surface area is 197 Å². The second-order valence-corrected chi connectivity index (χ2v) is 8.88. The van der Waals surface area contributed by atoms with Crippen molar-refractivity contribution < 1.29 is 18.8 Å². The summed E-state index contributed by atoms with van der Waals surface area (Å²) in [5.74, 6) is -2.06. The molecule has 4 rings (SSSR count). The molecule has 2 heterocycles. The van der Waals surface area contributed by atoms with Crippen LogP contribution in [0.25, 0.3) is 0 Å². The Morgan fingerprint density at radius 3 is 2.52 bits per heavy atom. The molecule has 0 radical (unpaired) electrons. The Morgan fingerprint density at radius 2 is 1.76 bits per heavy atom. The third kappa shape index (κ3) is 5.71. The summed E-state index contributed by atoms with van der Waals surface area (Å²) in [6.45, 7) is 0.663. The third-order valence-corrected chi connectivity index (χ3v) is 6.20. The zero-order valence-electron chi connectivity index (χ0n) is 17.3. The molecule has 0 saturated carbocycles. The number of hydrogen-bond acceptors (Lipinski definition) is 6.